The Balaban J connectivity index is 1.83. The third kappa shape index (κ3) is 2.45. The van der Waals surface area contributed by atoms with Crippen molar-refractivity contribution in [3.8, 4) is 0 Å². The number of carbonyl (C=O) groups is 3. The molecule has 0 atom stereocenters. The number of benzene rings is 3. The molecule has 0 fully saturated rings. The normalized spacial score (nSPS) is 16.8. The molecule has 0 aromatic heterocycles. The highest BCUT2D eigenvalue weighted by Crippen LogP contribution is 2.43. The summed E-state index contributed by atoms with van der Waals surface area (Å²) in [5.74, 6) is -1.08. The predicted molar refractivity (Wildman–Crippen MR) is 115 cm³/mol. The topological polar surface area (TPSA) is 57.7 Å². The molecule has 3 aromatic rings. The molecule has 3 amide bonds. The maximum absolute atomic E-state index is 13.4. The van der Waals surface area contributed by atoms with E-state index in [0.29, 0.717) is 33.5 Å². The Hall–Kier alpha value is -3.99. The summed E-state index contributed by atoms with van der Waals surface area (Å²) in [6, 6.07) is 21.6. The molecule has 2 aliphatic heterocycles. The number of hydrogen-bond acceptors (Lipinski definition) is 3. The van der Waals surface area contributed by atoms with E-state index in [2.05, 4.69) is 0 Å². The zero-order valence-corrected chi connectivity index (χ0v) is 16.5. The summed E-state index contributed by atoms with van der Waals surface area (Å²) in [6.45, 7) is 1.96. The molecule has 0 unspecified atom stereocenters. The molecule has 5 rings (SSSR count). The van der Waals surface area contributed by atoms with Gasteiger partial charge in [-0.15, -0.1) is 0 Å². The van der Waals surface area contributed by atoms with Crippen LogP contribution in [0.2, 0.25) is 0 Å². The fraction of sp³-hybridized carbons (Fsp3) is 0.0800. The number of aryl methyl sites for hydroxylation is 1. The molecule has 5 heteroatoms. The van der Waals surface area contributed by atoms with Crippen LogP contribution in [0.5, 0.6) is 0 Å². The van der Waals surface area contributed by atoms with E-state index in [1.807, 2.05) is 55.5 Å². The summed E-state index contributed by atoms with van der Waals surface area (Å²) < 4.78 is 0. The van der Waals surface area contributed by atoms with E-state index in [1.54, 1.807) is 36.2 Å². The number of anilines is 1. The van der Waals surface area contributed by atoms with Crippen LogP contribution < -0.4 is 4.90 Å². The molecule has 0 radical (unpaired) electrons. The summed E-state index contributed by atoms with van der Waals surface area (Å²) >= 11 is 0. The second kappa shape index (κ2) is 6.52. The van der Waals surface area contributed by atoms with Crippen molar-refractivity contribution in [3.05, 3.63) is 101 Å². The molecule has 0 saturated heterocycles. The lowest BCUT2D eigenvalue weighted by Crippen LogP contribution is -2.31. The highest BCUT2D eigenvalue weighted by molar-refractivity contribution is 6.40. The van der Waals surface area contributed by atoms with Crippen molar-refractivity contribution < 1.29 is 14.4 Å². The van der Waals surface area contributed by atoms with Gasteiger partial charge in [0.2, 0.25) is 0 Å². The number of imide groups is 1. The molecule has 0 spiro atoms. The van der Waals surface area contributed by atoms with E-state index in [4.69, 9.17) is 0 Å². The van der Waals surface area contributed by atoms with Crippen molar-refractivity contribution in [2.45, 2.75) is 6.92 Å². The third-order valence-corrected chi connectivity index (χ3v) is 5.60. The average Bonchev–Trinajstić information content (AvgIpc) is 3.16. The van der Waals surface area contributed by atoms with Crippen LogP contribution >= 0.6 is 0 Å². The van der Waals surface area contributed by atoms with Gasteiger partial charge in [0, 0.05) is 12.6 Å². The fourth-order valence-electron chi connectivity index (χ4n) is 4.13. The molecular formula is C25H18N2O3. The maximum Gasteiger partial charge on any atom is 0.266 e. The van der Waals surface area contributed by atoms with Crippen LogP contribution in [0.1, 0.15) is 37.4 Å². The van der Waals surface area contributed by atoms with E-state index >= 15 is 0 Å². The highest BCUT2D eigenvalue weighted by Gasteiger charge is 2.42. The highest BCUT2D eigenvalue weighted by atomic mass is 16.2. The third-order valence-electron chi connectivity index (χ3n) is 5.60. The van der Waals surface area contributed by atoms with Gasteiger partial charge in [-0.25, -0.2) is 4.90 Å². The van der Waals surface area contributed by atoms with Gasteiger partial charge in [-0.2, -0.15) is 0 Å². The fourth-order valence-corrected chi connectivity index (χ4v) is 4.13. The first kappa shape index (κ1) is 18.1. The molecule has 3 aromatic carbocycles. The van der Waals surface area contributed by atoms with Crippen molar-refractivity contribution in [1.29, 1.82) is 0 Å². The Morgan fingerprint density at radius 3 is 1.93 bits per heavy atom. The van der Waals surface area contributed by atoms with E-state index < -0.39 is 11.8 Å². The SMILES string of the molecule is Cc1ccc2c(c1)N(C)C(=O)/C2=C(\c1ccccc1)N1C(=O)c2ccccc2C1=O. The van der Waals surface area contributed by atoms with Gasteiger partial charge >= 0.3 is 0 Å². The summed E-state index contributed by atoms with van der Waals surface area (Å²) in [5, 5.41) is 0. The van der Waals surface area contributed by atoms with Crippen molar-refractivity contribution in [2.75, 3.05) is 11.9 Å². The molecule has 2 heterocycles. The molecule has 0 aliphatic carbocycles. The van der Waals surface area contributed by atoms with Crippen LogP contribution in [0.4, 0.5) is 5.69 Å². The molecule has 146 valence electrons. The van der Waals surface area contributed by atoms with Gasteiger partial charge in [0.25, 0.3) is 17.7 Å². The van der Waals surface area contributed by atoms with Crippen molar-refractivity contribution in [3.63, 3.8) is 0 Å². The zero-order valence-electron chi connectivity index (χ0n) is 16.5. The minimum atomic E-state index is -0.419. The van der Waals surface area contributed by atoms with E-state index in [9.17, 15) is 14.4 Å². The lowest BCUT2D eigenvalue weighted by molar-refractivity contribution is -0.112. The Bertz CT molecular complexity index is 1240. The summed E-state index contributed by atoms with van der Waals surface area (Å²) in [6.07, 6.45) is 0. The first-order chi connectivity index (χ1) is 14.5. The van der Waals surface area contributed by atoms with Crippen LogP contribution in [-0.4, -0.2) is 29.7 Å². The summed E-state index contributed by atoms with van der Waals surface area (Å²) in [4.78, 5) is 42.6. The monoisotopic (exact) mass is 394 g/mol. The second-order valence-corrected chi connectivity index (χ2v) is 7.47. The smallest absolute Gasteiger partial charge is 0.266 e. The molecule has 5 nitrogen and oxygen atoms in total. The number of carbonyl (C=O) groups excluding carboxylic acids is 3. The van der Waals surface area contributed by atoms with E-state index in [0.717, 1.165) is 16.2 Å². The van der Waals surface area contributed by atoms with Crippen molar-refractivity contribution in [1.82, 2.24) is 4.90 Å². The molecule has 30 heavy (non-hydrogen) atoms. The summed E-state index contributed by atoms with van der Waals surface area (Å²) in [7, 11) is 1.71. The predicted octanol–water partition coefficient (Wildman–Crippen LogP) is 4.14. The van der Waals surface area contributed by atoms with Gasteiger partial charge in [-0.1, -0.05) is 54.6 Å². The lowest BCUT2D eigenvalue weighted by Gasteiger charge is -2.21. The van der Waals surface area contributed by atoms with Gasteiger partial charge in [0.15, 0.2) is 0 Å². The minimum absolute atomic E-state index is 0.244. The quantitative estimate of drug-likeness (QED) is 0.485. The lowest BCUT2D eigenvalue weighted by atomic mass is 9.98. The maximum atomic E-state index is 13.4. The van der Waals surface area contributed by atoms with E-state index in [1.165, 1.54) is 0 Å². The Morgan fingerprint density at radius 1 is 0.700 bits per heavy atom. The van der Waals surface area contributed by atoms with Crippen LogP contribution in [0.3, 0.4) is 0 Å². The van der Waals surface area contributed by atoms with Crippen LogP contribution in [0.15, 0.2) is 72.8 Å². The summed E-state index contributed by atoms with van der Waals surface area (Å²) in [5.41, 5.74) is 4.51. The van der Waals surface area contributed by atoms with Gasteiger partial charge in [-0.3, -0.25) is 14.4 Å². The van der Waals surface area contributed by atoms with Gasteiger partial charge in [0.05, 0.1) is 28.1 Å². The number of fused-ring (bicyclic) bond motifs is 2. The largest absolute Gasteiger partial charge is 0.311 e. The average molecular weight is 394 g/mol. The number of rotatable bonds is 2. The van der Waals surface area contributed by atoms with Crippen LogP contribution in [-0.2, 0) is 4.79 Å². The number of likely N-dealkylation sites (N-methyl/N-ethyl adjacent to an activating group) is 1. The number of nitrogens with zero attached hydrogens (tertiary/aromatic N) is 2. The first-order valence-electron chi connectivity index (χ1n) is 9.65. The molecule has 0 saturated carbocycles. The second-order valence-electron chi connectivity index (χ2n) is 7.47. The molecular weight excluding hydrogens is 376 g/mol. The first-order valence-corrected chi connectivity index (χ1v) is 9.65. The Kier molecular flexibility index (Phi) is 3.93. The van der Waals surface area contributed by atoms with Crippen molar-refractivity contribution in [2.24, 2.45) is 0 Å². The molecule has 0 bridgehead atoms. The number of hydrogen-bond donors (Lipinski definition) is 0. The molecule has 2 aliphatic rings. The van der Waals surface area contributed by atoms with Crippen LogP contribution in [0.25, 0.3) is 11.3 Å². The van der Waals surface area contributed by atoms with Crippen LogP contribution in [0, 0.1) is 6.92 Å². The number of amides is 3. The van der Waals surface area contributed by atoms with E-state index in [-0.39, 0.29) is 5.91 Å². The van der Waals surface area contributed by atoms with Crippen molar-refractivity contribution >= 4 is 34.7 Å². The standard InChI is InChI=1S/C25H18N2O3/c1-15-12-13-19-20(14-15)26(2)25(30)21(19)22(16-8-4-3-5-9-16)27-23(28)17-10-6-7-11-18(17)24(27)29/h3-14H,1-2H3/b22-21+. The Labute approximate surface area is 173 Å². The van der Waals surface area contributed by atoms with Gasteiger partial charge in [0.1, 0.15) is 0 Å². The Morgan fingerprint density at radius 2 is 1.30 bits per heavy atom. The van der Waals surface area contributed by atoms with Gasteiger partial charge < -0.3 is 4.90 Å². The minimum Gasteiger partial charge on any atom is -0.311 e. The van der Waals surface area contributed by atoms with Gasteiger partial charge in [-0.05, 0) is 36.2 Å². The zero-order chi connectivity index (χ0) is 21.0. The molecule has 0 N–H and O–H groups in total.